The molecule has 0 aliphatic heterocycles. The average molecular weight is 244 g/mol. The van der Waals surface area contributed by atoms with Crippen molar-refractivity contribution in [2.24, 2.45) is 0 Å². The van der Waals surface area contributed by atoms with Gasteiger partial charge in [-0.25, -0.2) is 0 Å². The fourth-order valence-corrected chi connectivity index (χ4v) is 2.47. The number of carbonyl (C=O) groups excluding carboxylic acids is 2. The molecule has 0 amide bonds. The molecule has 0 bridgehead atoms. The number of carbonyl (C=O) groups is 2. The third kappa shape index (κ3) is 1.88. The fourth-order valence-electron chi connectivity index (χ4n) is 2.47. The Labute approximate surface area is 104 Å². The summed E-state index contributed by atoms with van der Waals surface area (Å²) in [5.41, 5.74) is 1.56. The van der Waals surface area contributed by atoms with Crippen molar-refractivity contribution in [3.05, 3.63) is 34.4 Å². The number of hydrogen-bond donors (Lipinski definition) is 0. The molecule has 1 aromatic rings. The molecule has 0 spiro atoms. The van der Waals surface area contributed by atoms with Crippen molar-refractivity contribution in [2.45, 2.75) is 37.5 Å². The van der Waals surface area contributed by atoms with Crippen LogP contribution in [0.4, 0.5) is 0 Å². The van der Waals surface area contributed by atoms with Crippen LogP contribution in [0, 0.1) is 0 Å². The summed E-state index contributed by atoms with van der Waals surface area (Å²) >= 11 is 0. The highest BCUT2D eigenvalue weighted by atomic mass is 16.4. The molecule has 2 aliphatic carbocycles. The Balaban J connectivity index is 2.19. The smallest absolute Gasteiger partial charge is 0.0721 e. The summed E-state index contributed by atoms with van der Waals surface area (Å²) in [6.45, 7) is 0. The van der Waals surface area contributed by atoms with Crippen molar-refractivity contribution in [1.82, 2.24) is 0 Å². The monoisotopic (exact) mass is 244 g/mol. The molecular weight excluding hydrogens is 232 g/mol. The number of carboxylic acid groups (broad SMARTS) is 2. The predicted molar refractivity (Wildman–Crippen MR) is 59.1 cm³/mol. The summed E-state index contributed by atoms with van der Waals surface area (Å²) in [7, 11) is 0. The quantitative estimate of drug-likeness (QED) is 0.756. The van der Waals surface area contributed by atoms with Crippen molar-refractivity contribution in [1.29, 1.82) is 0 Å². The van der Waals surface area contributed by atoms with Gasteiger partial charge in [-0.15, -0.1) is 0 Å². The molecule has 2 saturated carbocycles. The minimum absolute atomic E-state index is 0.0869. The first kappa shape index (κ1) is 11.3. The van der Waals surface area contributed by atoms with Crippen LogP contribution in [-0.2, 0) is 0 Å². The van der Waals surface area contributed by atoms with Crippen LogP contribution in [0.1, 0.15) is 69.4 Å². The van der Waals surface area contributed by atoms with Crippen LogP contribution in [0.2, 0.25) is 0 Å². The molecule has 0 heterocycles. The number of carboxylic acids is 2. The Morgan fingerprint density at radius 3 is 1.61 bits per heavy atom. The fraction of sp³-hybridized carbons (Fsp3) is 0.429. The van der Waals surface area contributed by atoms with Crippen molar-refractivity contribution < 1.29 is 19.8 Å². The van der Waals surface area contributed by atoms with Gasteiger partial charge >= 0.3 is 0 Å². The Bertz CT molecular complexity index is 506. The van der Waals surface area contributed by atoms with E-state index in [1.807, 2.05) is 0 Å². The molecule has 0 unspecified atom stereocenters. The summed E-state index contributed by atoms with van der Waals surface area (Å²) in [6, 6.07) is 2.90. The first-order valence-electron chi connectivity index (χ1n) is 6.18. The highest BCUT2D eigenvalue weighted by Gasteiger charge is 2.33. The molecule has 3 rings (SSSR count). The molecule has 0 N–H and O–H groups in total. The van der Waals surface area contributed by atoms with Crippen LogP contribution in [0.3, 0.4) is 0 Å². The summed E-state index contributed by atoms with van der Waals surface area (Å²) < 4.78 is 0. The zero-order chi connectivity index (χ0) is 12.9. The van der Waals surface area contributed by atoms with Gasteiger partial charge in [0, 0.05) is 5.56 Å². The van der Waals surface area contributed by atoms with Gasteiger partial charge in [0.15, 0.2) is 0 Å². The first-order valence-corrected chi connectivity index (χ1v) is 6.18. The lowest BCUT2D eigenvalue weighted by Crippen LogP contribution is -2.27. The number of aromatic carboxylic acids is 2. The van der Waals surface area contributed by atoms with Gasteiger partial charge in [-0.1, -0.05) is 0 Å². The molecule has 1 aromatic carbocycles. The van der Waals surface area contributed by atoms with Crippen LogP contribution >= 0.6 is 0 Å². The third-order valence-electron chi connectivity index (χ3n) is 3.67. The SMILES string of the molecule is O=C([O-])c1cc(C2CC2)c(C(=O)[O-])c(C2CC2)c1. The van der Waals surface area contributed by atoms with Crippen LogP contribution in [0.15, 0.2) is 12.1 Å². The van der Waals surface area contributed by atoms with Crippen molar-refractivity contribution in [2.75, 3.05) is 0 Å². The minimum atomic E-state index is -1.25. The van der Waals surface area contributed by atoms with Gasteiger partial charge in [0.1, 0.15) is 0 Å². The second-order valence-corrected chi connectivity index (χ2v) is 5.15. The van der Waals surface area contributed by atoms with Gasteiger partial charge < -0.3 is 19.8 Å². The Morgan fingerprint density at radius 1 is 0.889 bits per heavy atom. The maximum Gasteiger partial charge on any atom is 0.0721 e. The topological polar surface area (TPSA) is 80.3 Å². The first-order chi connectivity index (χ1) is 8.58. The Hall–Kier alpha value is -1.84. The lowest BCUT2D eigenvalue weighted by atomic mass is 9.92. The summed E-state index contributed by atoms with van der Waals surface area (Å²) in [6.07, 6.45) is 3.67. The zero-order valence-corrected chi connectivity index (χ0v) is 9.77. The van der Waals surface area contributed by atoms with Crippen LogP contribution in [-0.4, -0.2) is 11.9 Å². The van der Waals surface area contributed by atoms with Gasteiger partial charge in [0.2, 0.25) is 0 Å². The second kappa shape index (κ2) is 3.83. The minimum Gasteiger partial charge on any atom is -0.545 e. The molecular formula is C14H12O4-2. The van der Waals surface area contributed by atoms with E-state index in [1.54, 1.807) is 0 Å². The zero-order valence-electron chi connectivity index (χ0n) is 9.77. The van der Waals surface area contributed by atoms with Crippen molar-refractivity contribution in [3.8, 4) is 0 Å². The molecule has 0 atom stereocenters. The molecule has 2 fully saturated rings. The summed E-state index contributed by atoms with van der Waals surface area (Å²) in [4.78, 5) is 22.3. The Morgan fingerprint density at radius 2 is 1.33 bits per heavy atom. The van der Waals surface area contributed by atoms with E-state index in [0.29, 0.717) is 11.1 Å². The maximum atomic E-state index is 11.3. The van der Waals surface area contributed by atoms with Gasteiger partial charge in [-0.05, 0) is 66.3 Å². The van der Waals surface area contributed by atoms with E-state index >= 15 is 0 Å². The summed E-state index contributed by atoms with van der Waals surface area (Å²) in [5, 5.41) is 22.3. The molecule has 4 nitrogen and oxygen atoms in total. The van der Waals surface area contributed by atoms with Gasteiger partial charge in [0.05, 0.1) is 11.9 Å². The highest BCUT2D eigenvalue weighted by molar-refractivity contribution is 5.94. The second-order valence-electron chi connectivity index (χ2n) is 5.15. The van der Waals surface area contributed by atoms with E-state index in [4.69, 9.17) is 0 Å². The lowest BCUT2D eigenvalue weighted by molar-refractivity contribution is -0.256. The molecule has 0 saturated heterocycles. The van der Waals surface area contributed by atoms with Gasteiger partial charge in [-0.2, -0.15) is 0 Å². The maximum absolute atomic E-state index is 11.3. The predicted octanol–water partition coefficient (Wildman–Crippen LogP) is 0.168. The third-order valence-corrected chi connectivity index (χ3v) is 3.67. The summed E-state index contributed by atoms with van der Waals surface area (Å²) in [5.74, 6) is -2.09. The van der Waals surface area contributed by atoms with E-state index in [0.717, 1.165) is 25.7 Å². The van der Waals surface area contributed by atoms with Crippen molar-refractivity contribution in [3.63, 3.8) is 0 Å². The average Bonchev–Trinajstić information content (AvgIpc) is 3.17. The largest absolute Gasteiger partial charge is 0.545 e. The number of benzene rings is 1. The highest BCUT2D eigenvalue weighted by Crippen LogP contribution is 2.47. The number of hydrogen-bond acceptors (Lipinski definition) is 4. The molecule has 18 heavy (non-hydrogen) atoms. The van der Waals surface area contributed by atoms with E-state index in [9.17, 15) is 19.8 Å². The molecule has 4 heteroatoms. The van der Waals surface area contributed by atoms with E-state index < -0.39 is 11.9 Å². The standard InChI is InChI=1S/C14H14O4/c15-13(16)9-5-10(7-1-2-7)12(14(17)18)11(6-9)8-3-4-8/h5-8H,1-4H2,(H,15,16)(H,17,18)/p-2. The van der Waals surface area contributed by atoms with Crippen molar-refractivity contribution >= 4 is 11.9 Å². The van der Waals surface area contributed by atoms with Gasteiger partial charge in [0.25, 0.3) is 0 Å². The Kier molecular flexibility index (Phi) is 2.40. The molecule has 2 aliphatic rings. The van der Waals surface area contributed by atoms with Crippen LogP contribution < -0.4 is 10.2 Å². The normalized spacial score (nSPS) is 18.7. The molecule has 94 valence electrons. The van der Waals surface area contributed by atoms with Crippen LogP contribution in [0.25, 0.3) is 0 Å². The van der Waals surface area contributed by atoms with E-state index in [2.05, 4.69) is 0 Å². The lowest BCUT2D eigenvalue weighted by Gasteiger charge is -2.18. The van der Waals surface area contributed by atoms with E-state index in [-0.39, 0.29) is 23.0 Å². The van der Waals surface area contributed by atoms with E-state index in [1.165, 1.54) is 12.1 Å². The van der Waals surface area contributed by atoms with Gasteiger partial charge in [-0.3, -0.25) is 0 Å². The van der Waals surface area contributed by atoms with Crippen LogP contribution in [0.5, 0.6) is 0 Å². The molecule has 0 radical (unpaired) electrons. The number of rotatable bonds is 4. The molecule has 0 aromatic heterocycles.